The van der Waals surface area contributed by atoms with Crippen LogP contribution in [0.4, 0.5) is 5.13 Å². The lowest BCUT2D eigenvalue weighted by Gasteiger charge is -2.11. The molecule has 0 bridgehead atoms. The van der Waals surface area contributed by atoms with Crippen LogP contribution in [0.1, 0.15) is 28.9 Å². The van der Waals surface area contributed by atoms with E-state index in [1.165, 1.54) is 24.2 Å². The molecule has 1 aliphatic heterocycles. The second-order valence-electron chi connectivity index (χ2n) is 6.64. The first-order chi connectivity index (χ1) is 13.8. The molecule has 28 heavy (non-hydrogen) atoms. The molecule has 7 nitrogen and oxygen atoms in total. The molecule has 0 saturated carbocycles. The van der Waals surface area contributed by atoms with Crippen LogP contribution < -0.4 is 15.0 Å². The van der Waals surface area contributed by atoms with Crippen LogP contribution in [-0.2, 0) is 6.42 Å². The molecule has 0 atom stereocenters. The Morgan fingerprint density at radius 1 is 1.14 bits per heavy atom. The molecule has 0 spiro atoms. The van der Waals surface area contributed by atoms with Gasteiger partial charge < -0.3 is 15.0 Å². The molecule has 1 amide bonds. The lowest BCUT2D eigenvalue weighted by atomic mass is 10.1. The van der Waals surface area contributed by atoms with Crippen molar-refractivity contribution in [2.24, 2.45) is 0 Å². The monoisotopic (exact) mass is 397 g/mol. The molecular formula is C20H23N5O2S. The predicted octanol–water partition coefficient (Wildman–Crippen LogP) is 2.91. The summed E-state index contributed by atoms with van der Waals surface area (Å²) in [5.74, 6) is 0.709. The van der Waals surface area contributed by atoms with Gasteiger partial charge in [-0.2, -0.15) is 0 Å². The Kier molecular flexibility index (Phi) is 5.57. The summed E-state index contributed by atoms with van der Waals surface area (Å²) in [6.45, 7) is 2.58. The van der Waals surface area contributed by atoms with Crippen LogP contribution in [-0.4, -0.2) is 47.4 Å². The Bertz CT molecular complexity index is 945. The number of nitrogens with one attached hydrogen (secondary N) is 1. The molecule has 0 radical (unpaired) electrons. The fourth-order valence-corrected chi connectivity index (χ4v) is 4.28. The van der Waals surface area contributed by atoms with Crippen molar-refractivity contribution in [3.63, 3.8) is 0 Å². The number of aromatic nitrogens is 3. The number of methoxy groups -OCH3 is 1. The van der Waals surface area contributed by atoms with E-state index in [1.54, 1.807) is 17.7 Å². The predicted molar refractivity (Wildman–Crippen MR) is 110 cm³/mol. The van der Waals surface area contributed by atoms with Crippen molar-refractivity contribution in [2.45, 2.75) is 19.3 Å². The average molecular weight is 398 g/mol. The maximum Gasteiger partial charge on any atom is 0.268 e. The summed E-state index contributed by atoms with van der Waals surface area (Å²) in [6, 6.07) is 11.5. The number of para-hydroxylation sites is 1. The zero-order valence-corrected chi connectivity index (χ0v) is 16.6. The highest BCUT2D eigenvalue weighted by molar-refractivity contribution is 7.17. The minimum Gasteiger partial charge on any atom is -0.496 e. The Labute approximate surface area is 168 Å². The molecule has 2 aromatic heterocycles. The van der Waals surface area contributed by atoms with Crippen LogP contribution in [0.5, 0.6) is 5.75 Å². The van der Waals surface area contributed by atoms with Gasteiger partial charge in [-0.05, 0) is 43.0 Å². The van der Waals surface area contributed by atoms with E-state index in [1.807, 2.05) is 36.5 Å². The molecule has 0 unspecified atom stereocenters. The number of nitrogens with zero attached hydrogens (tertiary/aromatic N) is 4. The zero-order chi connectivity index (χ0) is 19.3. The minimum absolute atomic E-state index is 0.127. The summed E-state index contributed by atoms with van der Waals surface area (Å²) < 4.78 is 7.16. The number of hydrogen-bond acceptors (Lipinski definition) is 6. The molecule has 1 saturated heterocycles. The molecule has 146 valence electrons. The first-order valence-corrected chi connectivity index (χ1v) is 10.2. The number of hydrogen-bond donors (Lipinski definition) is 1. The topological polar surface area (TPSA) is 72.3 Å². The van der Waals surface area contributed by atoms with E-state index < -0.39 is 0 Å². The van der Waals surface area contributed by atoms with Gasteiger partial charge in [0.25, 0.3) is 5.91 Å². The van der Waals surface area contributed by atoms with Crippen molar-refractivity contribution < 1.29 is 9.53 Å². The number of carbonyl (C=O) groups is 1. The van der Waals surface area contributed by atoms with Gasteiger partial charge in [0.05, 0.1) is 7.11 Å². The molecule has 0 aliphatic carbocycles. The summed E-state index contributed by atoms with van der Waals surface area (Å²) in [5, 5.41) is 13.2. The number of ether oxygens (including phenoxy) is 1. The van der Waals surface area contributed by atoms with E-state index in [4.69, 9.17) is 4.74 Å². The van der Waals surface area contributed by atoms with Crippen molar-refractivity contribution in [2.75, 3.05) is 31.6 Å². The molecule has 1 aliphatic rings. The van der Waals surface area contributed by atoms with Gasteiger partial charge in [0, 0.05) is 25.8 Å². The normalized spacial score (nSPS) is 13.7. The van der Waals surface area contributed by atoms with Gasteiger partial charge in [0.15, 0.2) is 0 Å². The third kappa shape index (κ3) is 3.87. The van der Waals surface area contributed by atoms with Gasteiger partial charge in [-0.3, -0.25) is 9.36 Å². The van der Waals surface area contributed by atoms with Crippen molar-refractivity contribution in [1.29, 1.82) is 0 Å². The Morgan fingerprint density at radius 3 is 2.75 bits per heavy atom. The highest BCUT2D eigenvalue weighted by atomic mass is 32.1. The molecule has 1 fully saturated rings. The SMILES string of the molecule is COc1ccccc1CCNC(=O)c1cccn1-c1nnc(N2CCCC2)s1. The van der Waals surface area contributed by atoms with Gasteiger partial charge in [0.2, 0.25) is 10.3 Å². The number of carbonyl (C=O) groups excluding carboxylic acids is 1. The molecule has 3 heterocycles. The quantitative estimate of drug-likeness (QED) is 0.664. The van der Waals surface area contributed by atoms with E-state index in [0.717, 1.165) is 29.5 Å². The fraction of sp³-hybridized carbons (Fsp3) is 0.350. The van der Waals surface area contributed by atoms with Crippen LogP contribution in [0.2, 0.25) is 0 Å². The number of anilines is 1. The summed E-state index contributed by atoms with van der Waals surface area (Å²) in [6.07, 6.45) is 4.94. The van der Waals surface area contributed by atoms with Crippen LogP contribution in [0.3, 0.4) is 0 Å². The second-order valence-corrected chi connectivity index (χ2v) is 7.58. The van der Waals surface area contributed by atoms with Crippen molar-refractivity contribution in [3.8, 4) is 10.9 Å². The highest BCUT2D eigenvalue weighted by Crippen LogP contribution is 2.27. The van der Waals surface area contributed by atoms with E-state index in [9.17, 15) is 4.79 Å². The van der Waals surface area contributed by atoms with Gasteiger partial charge in [-0.1, -0.05) is 29.5 Å². The maximum atomic E-state index is 12.7. The molecular weight excluding hydrogens is 374 g/mol. The van der Waals surface area contributed by atoms with Crippen molar-refractivity contribution in [3.05, 3.63) is 53.9 Å². The number of amides is 1. The highest BCUT2D eigenvalue weighted by Gasteiger charge is 2.19. The average Bonchev–Trinajstić information content (AvgIpc) is 3.48. The van der Waals surface area contributed by atoms with Gasteiger partial charge in [-0.25, -0.2) is 0 Å². The standard InChI is InChI=1S/C20H23N5O2S/c1-27-17-9-3-2-7-15(17)10-11-21-18(26)16-8-6-14-25(16)20-23-22-19(28-20)24-12-4-5-13-24/h2-3,6-9,14H,4-5,10-13H2,1H3,(H,21,26). The van der Waals surface area contributed by atoms with Crippen molar-refractivity contribution in [1.82, 2.24) is 20.1 Å². The second kappa shape index (κ2) is 8.43. The smallest absolute Gasteiger partial charge is 0.268 e. The van der Waals surface area contributed by atoms with Gasteiger partial charge >= 0.3 is 0 Å². The lowest BCUT2D eigenvalue weighted by Crippen LogP contribution is -2.27. The van der Waals surface area contributed by atoms with Crippen LogP contribution in [0.25, 0.3) is 5.13 Å². The largest absolute Gasteiger partial charge is 0.496 e. The Morgan fingerprint density at radius 2 is 1.93 bits per heavy atom. The van der Waals surface area contributed by atoms with E-state index in [2.05, 4.69) is 20.4 Å². The first-order valence-electron chi connectivity index (χ1n) is 9.42. The Hall–Kier alpha value is -2.87. The van der Waals surface area contributed by atoms with Crippen LogP contribution >= 0.6 is 11.3 Å². The van der Waals surface area contributed by atoms with Crippen molar-refractivity contribution >= 4 is 22.4 Å². The molecule has 1 aromatic carbocycles. The minimum atomic E-state index is -0.127. The van der Waals surface area contributed by atoms with Crippen LogP contribution in [0, 0.1) is 0 Å². The van der Waals surface area contributed by atoms with E-state index in [-0.39, 0.29) is 5.91 Å². The molecule has 1 N–H and O–H groups in total. The third-order valence-electron chi connectivity index (χ3n) is 4.84. The summed E-state index contributed by atoms with van der Waals surface area (Å²) >= 11 is 1.52. The van der Waals surface area contributed by atoms with Crippen LogP contribution in [0.15, 0.2) is 42.6 Å². The number of benzene rings is 1. The maximum absolute atomic E-state index is 12.7. The fourth-order valence-electron chi connectivity index (χ4n) is 3.39. The van der Waals surface area contributed by atoms with E-state index >= 15 is 0 Å². The lowest BCUT2D eigenvalue weighted by molar-refractivity contribution is 0.0947. The zero-order valence-electron chi connectivity index (χ0n) is 15.8. The number of rotatable bonds is 7. The summed E-state index contributed by atoms with van der Waals surface area (Å²) in [5.41, 5.74) is 1.63. The molecule has 4 rings (SSSR count). The van der Waals surface area contributed by atoms with Gasteiger partial charge in [-0.15, -0.1) is 10.2 Å². The first kappa shape index (κ1) is 18.5. The van der Waals surface area contributed by atoms with Gasteiger partial charge in [0.1, 0.15) is 11.4 Å². The summed E-state index contributed by atoms with van der Waals surface area (Å²) in [4.78, 5) is 14.9. The Balaban J connectivity index is 1.41. The third-order valence-corrected chi connectivity index (χ3v) is 5.82. The van der Waals surface area contributed by atoms with E-state index in [0.29, 0.717) is 23.8 Å². The summed E-state index contributed by atoms with van der Waals surface area (Å²) in [7, 11) is 1.66. The molecule has 8 heteroatoms. The molecule has 3 aromatic rings.